The SMILES string of the molecule is C=CC(C)c1ccc(Cl)c(Br)c1. The monoisotopic (exact) mass is 244 g/mol. The summed E-state index contributed by atoms with van der Waals surface area (Å²) < 4.78 is 0.940. The van der Waals surface area contributed by atoms with E-state index in [0.717, 1.165) is 9.50 Å². The fourth-order valence-corrected chi connectivity index (χ4v) is 1.45. The second-order valence-electron chi connectivity index (χ2n) is 2.70. The van der Waals surface area contributed by atoms with Crippen molar-refractivity contribution >= 4 is 27.5 Å². The topological polar surface area (TPSA) is 0 Å². The van der Waals surface area contributed by atoms with Crippen molar-refractivity contribution in [3.8, 4) is 0 Å². The molecule has 0 aliphatic rings. The maximum Gasteiger partial charge on any atom is 0.0548 e. The number of hydrogen-bond donors (Lipinski definition) is 0. The maximum absolute atomic E-state index is 5.86. The van der Waals surface area contributed by atoms with E-state index in [0.29, 0.717) is 5.92 Å². The average Bonchev–Trinajstić information content (AvgIpc) is 2.08. The fourth-order valence-electron chi connectivity index (χ4n) is 0.932. The van der Waals surface area contributed by atoms with Crippen molar-refractivity contribution in [1.82, 2.24) is 0 Å². The van der Waals surface area contributed by atoms with Gasteiger partial charge in [-0.2, -0.15) is 0 Å². The Bertz CT molecular complexity index is 294. The molecule has 1 aromatic carbocycles. The fraction of sp³-hybridized carbons (Fsp3) is 0.200. The number of hydrogen-bond acceptors (Lipinski definition) is 0. The van der Waals surface area contributed by atoms with Crippen molar-refractivity contribution in [3.63, 3.8) is 0 Å². The number of benzene rings is 1. The smallest absolute Gasteiger partial charge is 0.0548 e. The molecule has 0 radical (unpaired) electrons. The molecule has 1 rings (SSSR count). The van der Waals surface area contributed by atoms with E-state index < -0.39 is 0 Å². The van der Waals surface area contributed by atoms with Gasteiger partial charge in [-0.25, -0.2) is 0 Å². The highest BCUT2D eigenvalue weighted by Crippen LogP contribution is 2.26. The molecule has 64 valence electrons. The van der Waals surface area contributed by atoms with Crippen molar-refractivity contribution in [1.29, 1.82) is 0 Å². The Hall–Kier alpha value is -0.270. The molecule has 1 atom stereocenters. The first-order valence-electron chi connectivity index (χ1n) is 3.72. The van der Waals surface area contributed by atoms with Gasteiger partial charge in [0.1, 0.15) is 0 Å². The second kappa shape index (κ2) is 4.11. The Labute approximate surface area is 86.4 Å². The molecule has 2 heteroatoms. The van der Waals surface area contributed by atoms with Crippen LogP contribution in [0.3, 0.4) is 0 Å². The van der Waals surface area contributed by atoms with Crippen molar-refractivity contribution in [3.05, 3.63) is 45.9 Å². The number of allylic oxidation sites excluding steroid dienone is 1. The summed E-state index contributed by atoms with van der Waals surface area (Å²) in [5.41, 5.74) is 1.22. The van der Waals surface area contributed by atoms with Gasteiger partial charge in [0.25, 0.3) is 0 Å². The highest BCUT2D eigenvalue weighted by molar-refractivity contribution is 9.10. The molecule has 0 aromatic heterocycles. The van der Waals surface area contributed by atoms with Crippen molar-refractivity contribution < 1.29 is 0 Å². The van der Waals surface area contributed by atoms with E-state index in [1.165, 1.54) is 5.56 Å². The molecule has 12 heavy (non-hydrogen) atoms. The predicted octanol–water partition coefficient (Wildman–Crippen LogP) is 4.39. The quantitative estimate of drug-likeness (QED) is 0.678. The van der Waals surface area contributed by atoms with E-state index in [2.05, 4.69) is 29.4 Å². The molecule has 0 fully saturated rings. The van der Waals surface area contributed by atoms with Crippen LogP contribution < -0.4 is 0 Å². The molecule has 0 aliphatic heterocycles. The van der Waals surface area contributed by atoms with Gasteiger partial charge in [-0.3, -0.25) is 0 Å². The largest absolute Gasteiger partial charge is 0.102 e. The summed E-state index contributed by atoms with van der Waals surface area (Å²) in [6.07, 6.45) is 1.91. The molecule has 0 N–H and O–H groups in total. The summed E-state index contributed by atoms with van der Waals surface area (Å²) in [7, 11) is 0. The van der Waals surface area contributed by atoms with E-state index in [9.17, 15) is 0 Å². The van der Waals surface area contributed by atoms with Gasteiger partial charge >= 0.3 is 0 Å². The van der Waals surface area contributed by atoms with Crippen LogP contribution in [0.5, 0.6) is 0 Å². The lowest BCUT2D eigenvalue weighted by atomic mass is 10.0. The highest BCUT2D eigenvalue weighted by Gasteiger charge is 2.02. The van der Waals surface area contributed by atoms with E-state index in [-0.39, 0.29) is 0 Å². The average molecular weight is 246 g/mol. The molecule has 1 aromatic rings. The highest BCUT2D eigenvalue weighted by atomic mass is 79.9. The lowest BCUT2D eigenvalue weighted by molar-refractivity contribution is 0.970. The summed E-state index contributed by atoms with van der Waals surface area (Å²) in [5.74, 6) is 0.374. The molecule has 0 bridgehead atoms. The third-order valence-corrected chi connectivity index (χ3v) is 3.04. The minimum absolute atomic E-state index is 0.374. The van der Waals surface area contributed by atoms with E-state index >= 15 is 0 Å². The van der Waals surface area contributed by atoms with Gasteiger partial charge < -0.3 is 0 Å². The van der Waals surface area contributed by atoms with Crippen LogP contribution in [0.25, 0.3) is 0 Å². The first kappa shape index (κ1) is 9.82. The first-order valence-corrected chi connectivity index (χ1v) is 4.89. The van der Waals surface area contributed by atoms with Gasteiger partial charge in [0.2, 0.25) is 0 Å². The minimum Gasteiger partial charge on any atom is -0.102 e. The zero-order valence-electron chi connectivity index (χ0n) is 6.85. The summed E-state index contributed by atoms with van der Waals surface area (Å²) >= 11 is 9.23. The van der Waals surface area contributed by atoms with Gasteiger partial charge in [-0.15, -0.1) is 6.58 Å². The molecule has 1 unspecified atom stereocenters. The van der Waals surface area contributed by atoms with Crippen LogP contribution in [0.1, 0.15) is 18.4 Å². The van der Waals surface area contributed by atoms with Crippen molar-refractivity contribution in [2.75, 3.05) is 0 Å². The summed E-state index contributed by atoms with van der Waals surface area (Å²) in [6.45, 7) is 5.84. The van der Waals surface area contributed by atoms with Crippen LogP contribution in [0.4, 0.5) is 0 Å². The third kappa shape index (κ3) is 2.11. The zero-order chi connectivity index (χ0) is 9.14. The second-order valence-corrected chi connectivity index (χ2v) is 3.96. The lowest BCUT2D eigenvalue weighted by Gasteiger charge is -2.06. The minimum atomic E-state index is 0.374. The standard InChI is InChI=1S/C10H10BrCl/c1-3-7(2)8-4-5-10(12)9(11)6-8/h3-7H,1H2,2H3. The molecule has 0 aliphatic carbocycles. The Morgan fingerprint density at radius 2 is 2.25 bits per heavy atom. The Morgan fingerprint density at radius 3 is 2.75 bits per heavy atom. The summed E-state index contributed by atoms with van der Waals surface area (Å²) in [6, 6.07) is 5.93. The van der Waals surface area contributed by atoms with E-state index in [4.69, 9.17) is 11.6 Å². The maximum atomic E-state index is 5.86. The van der Waals surface area contributed by atoms with Crippen molar-refractivity contribution in [2.45, 2.75) is 12.8 Å². The Balaban J connectivity index is 3.04. The molecule has 0 heterocycles. The predicted molar refractivity (Wildman–Crippen MR) is 57.8 cm³/mol. The van der Waals surface area contributed by atoms with Crippen LogP contribution in [0, 0.1) is 0 Å². The Morgan fingerprint density at radius 1 is 1.58 bits per heavy atom. The van der Waals surface area contributed by atoms with Gasteiger partial charge in [-0.1, -0.05) is 30.7 Å². The normalized spacial score (nSPS) is 12.6. The molecule has 0 saturated heterocycles. The van der Waals surface area contributed by atoms with Gasteiger partial charge in [-0.05, 0) is 39.5 Å². The molecule has 0 amide bonds. The lowest BCUT2D eigenvalue weighted by Crippen LogP contribution is -1.87. The molecule has 0 nitrogen and oxygen atoms in total. The first-order chi connectivity index (χ1) is 5.65. The molecular weight excluding hydrogens is 235 g/mol. The van der Waals surface area contributed by atoms with E-state index in [1.54, 1.807) is 0 Å². The van der Waals surface area contributed by atoms with Gasteiger partial charge in [0, 0.05) is 4.47 Å². The van der Waals surface area contributed by atoms with Crippen molar-refractivity contribution in [2.24, 2.45) is 0 Å². The van der Waals surface area contributed by atoms with Crippen LogP contribution >= 0.6 is 27.5 Å². The van der Waals surface area contributed by atoms with Crippen LogP contribution in [-0.2, 0) is 0 Å². The van der Waals surface area contributed by atoms with Crippen LogP contribution in [0.15, 0.2) is 35.3 Å². The zero-order valence-corrected chi connectivity index (χ0v) is 9.19. The van der Waals surface area contributed by atoms with Crippen LogP contribution in [0.2, 0.25) is 5.02 Å². The van der Waals surface area contributed by atoms with E-state index in [1.807, 2.05) is 24.3 Å². The number of halogens is 2. The van der Waals surface area contributed by atoms with Gasteiger partial charge in [0.15, 0.2) is 0 Å². The molecular formula is C10H10BrCl. The molecule has 0 spiro atoms. The van der Waals surface area contributed by atoms with Crippen LogP contribution in [-0.4, -0.2) is 0 Å². The Kier molecular flexibility index (Phi) is 3.36. The summed E-state index contributed by atoms with van der Waals surface area (Å²) in [4.78, 5) is 0. The summed E-state index contributed by atoms with van der Waals surface area (Å²) in [5, 5.41) is 0.745. The number of rotatable bonds is 2. The molecule has 0 saturated carbocycles. The third-order valence-electron chi connectivity index (χ3n) is 1.82. The van der Waals surface area contributed by atoms with Gasteiger partial charge in [0.05, 0.1) is 5.02 Å².